The van der Waals surface area contributed by atoms with E-state index >= 15 is 0 Å². The molecule has 0 saturated carbocycles. The van der Waals surface area contributed by atoms with Gasteiger partial charge in [0.15, 0.2) is 0 Å². The van der Waals surface area contributed by atoms with E-state index in [0.29, 0.717) is 12.0 Å². The van der Waals surface area contributed by atoms with Crippen molar-refractivity contribution in [2.45, 2.75) is 19.4 Å². The summed E-state index contributed by atoms with van der Waals surface area (Å²) in [6.07, 6.45) is 0.656. The zero-order valence-electron chi connectivity index (χ0n) is 7.77. The van der Waals surface area contributed by atoms with Crippen LogP contribution in [0.2, 0.25) is 5.02 Å². The van der Waals surface area contributed by atoms with Gasteiger partial charge in [0.05, 0.1) is 5.02 Å². The Hall–Kier alpha value is -0.600. The topological polar surface area (TPSA) is 12.0 Å². The quantitative estimate of drug-likeness (QED) is 0.793. The van der Waals surface area contributed by atoms with Crippen molar-refractivity contribution in [3.05, 3.63) is 34.6 Å². The van der Waals surface area contributed by atoms with Gasteiger partial charge >= 0.3 is 0 Å². The molecular formula is C10H13ClFN. The number of hydrogen-bond donors (Lipinski definition) is 1. The van der Waals surface area contributed by atoms with E-state index < -0.39 is 0 Å². The number of benzene rings is 1. The third kappa shape index (κ3) is 2.68. The minimum absolute atomic E-state index is 0.195. The zero-order chi connectivity index (χ0) is 9.84. The second-order valence-electron chi connectivity index (χ2n) is 3.11. The second kappa shape index (κ2) is 4.58. The highest BCUT2D eigenvalue weighted by Crippen LogP contribution is 2.18. The van der Waals surface area contributed by atoms with Crippen LogP contribution >= 0.6 is 11.6 Å². The van der Waals surface area contributed by atoms with Crippen LogP contribution in [0.1, 0.15) is 12.5 Å². The van der Waals surface area contributed by atoms with Gasteiger partial charge in [0, 0.05) is 6.04 Å². The van der Waals surface area contributed by atoms with Gasteiger partial charge < -0.3 is 5.32 Å². The lowest BCUT2D eigenvalue weighted by atomic mass is 10.1. The highest BCUT2D eigenvalue weighted by molar-refractivity contribution is 6.30. The molecule has 1 nitrogen and oxygen atoms in total. The largest absolute Gasteiger partial charge is 0.317 e. The summed E-state index contributed by atoms with van der Waals surface area (Å²) >= 11 is 5.65. The van der Waals surface area contributed by atoms with Gasteiger partial charge in [-0.15, -0.1) is 0 Å². The summed E-state index contributed by atoms with van der Waals surface area (Å²) in [6.45, 7) is 2.00. The average molecular weight is 202 g/mol. The smallest absolute Gasteiger partial charge is 0.145 e. The molecule has 1 atom stereocenters. The number of nitrogens with one attached hydrogen (secondary N) is 1. The first-order chi connectivity index (χ1) is 6.15. The molecule has 0 radical (unpaired) electrons. The Labute approximate surface area is 82.9 Å². The van der Waals surface area contributed by atoms with Crippen molar-refractivity contribution in [2.75, 3.05) is 7.05 Å². The van der Waals surface area contributed by atoms with Crippen molar-refractivity contribution < 1.29 is 4.39 Å². The Morgan fingerprint density at radius 2 is 2.23 bits per heavy atom. The first-order valence-corrected chi connectivity index (χ1v) is 4.63. The standard InChI is InChI=1S/C10H13ClFN/c1-7(13-2)6-8-4-3-5-9(11)10(8)12/h3-5,7,13H,6H2,1-2H3. The molecular weight excluding hydrogens is 189 g/mol. The van der Waals surface area contributed by atoms with Crippen molar-refractivity contribution in [3.63, 3.8) is 0 Å². The maximum atomic E-state index is 13.3. The van der Waals surface area contributed by atoms with Gasteiger partial charge in [-0.25, -0.2) is 4.39 Å². The lowest BCUT2D eigenvalue weighted by Crippen LogP contribution is -2.24. The molecule has 13 heavy (non-hydrogen) atoms. The molecule has 0 aliphatic rings. The lowest BCUT2D eigenvalue weighted by Gasteiger charge is -2.10. The first-order valence-electron chi connectivity index (χ1n) is 4.25. The second-order valence-corrected chi connectivity index (χ2v) is 3.51. The van der Waals surface area contributed by atoms with E-state index in [1.807, 2.05) is 14.0 Å². The Balaban J connectivity index is 2.83. The van der Waals surface area contributed by atoms with E-state index in [0.717, 1.165) is 0 Å². The molecule has 1 aromatic rings. The van der Waals surface area contributed by atoms with Gasteiger partial charge in [0.25, 0.3) is 0 Å². The van der Waals surface area contributed by atoms with Gasteiger partial charge in [-0.1, -0.05) is 23.7 Å². The number of rotatable bonds is 3. The van der Waals surface area contributed by atoms with Crippen LogP contribution in [0.4, 0.5) is 4.39 Å². The molecule has 0 aliphatic carbocycles. The van der Waals surface area contributed by atoms with Crippen molar-refractivity contribution in [3.8, 4) is 0 Å². The van der Waals surface area contributed by atoms with Crippen LogP contribution in [0.25, 0.3) is 0 Å². The molecule has 1 unspecified atom stereocenters. The summed E-state index contributed by atoms with van der Waals surface area (Å²) in [5.74, 6) is -0.300. The van der Waals surface area contributed by atoms with Crippen molar-refractivity contribution >= 4 is 11.6 Å². The third-order valence-electron chi connectivity index (χ3n) is 2.05. The highest BCUT2D eigenvalue weighted by Gasteiger charge is 2.08. The molecule has 0 aliphatic heterocycles. The normalized spacial score (nSPS) is 12.9. The van der Waals surface area contributed by atoms with Crippen molar-refractivity contribution in [1.82, 2.24) is 5.32 Å². The zero-order valence-corrected chi connectivity index (χ0v) is 8.53. The van der Waals surface area contributed by atoms with E-state index in [1.165, 1.54) is 0 Å². The van der Waals surface area contributed by atoms with E-state index in [-0.39, 0.29) is 16.9 Å². The monoisotopic (exact) mass is 201 g/mol. The summed E-state index contributed by atoms with van der Waals surface area (Å²) in [5.41, 5.74) is 0.661. The highest BCUT2D eigenvalue weighted by atomic mass is 35.5. The van der Waals surface area contributed by atoms with Crippen molar-refractivity contribution in [1.29, 1.82) is 0 Å². The molecule has 0 saturated heterocycles. The van der Waals surface area contributed by atoms with Crippen LogP contribution in [0.5, 0.6) is 0 Å². The molecule has 0 amide bonds. The maximum absolute atomic E-state index is 13.3. The Morgan fingerprint density at radius 1 is 1.54 bits per heavy atom. The molecule has 1 aromatic carbocycles. The molecule has 0 fully saturated rings. The molecule has 0 bridgehead atoms. The summed E-state index contributed by atoms with van der Waals surface area (Å²) < 4.78 is 13.3. The molecule has 0 heterocycles. The van der Waals surface area contributed by atoms with E-state index in [9.17, 15) is 4.39 Å². The fourth-order valence-corrected chi connectivity index (χ4v) is 1.33. The van der Waals surface area contributed by atoms with Crippen molar-refractivity contribution in [2.24, 2.45) is 0 Å². The lowest BCUT2D eigenvalue weighted by molar-refractivity contribution is 0.564. The van der Waals surface area contributed by atoms with Gasteiger partial charge in [-0.2, -0.15) is 0 Å². The minimum atomic E-state index is -0.300. The number of halogens is 2. The van der Waals surface area contributed by atoms with E-state index in [4.69, 9.17) is 11.6 Å². The molecule has 0 aromatic heterocycles. The predicted molar refractivity (Wildman–Crippen MR) is 53.6 cm³/mol. The van der Waals surface area contributed by atoms with Crippen LogP contribution in [-0.2, 0) is 6.42 Å². The van der Waals surface area contributed by atoms with E-state index in [1.54, 1.807) is 18.2 Å². The summed E-state index contributed by atoms with van der Waals surface area (Å²) in [5, 5.41) is 3.25. The SMILES string of the molecule is CNC(C)Cc1cccc(Cl)c1F. The van der Waals surface area contributed by atoms with Gasteiger partial charge in [0.1, 0.15) is 5.82 Å². The predicted octanol–water partition coefficient (Wildman–Crippen LogP) is 2.63. The molecule has 0 spiro atoms. The van der Waals surface area contributed by atoms with Crippen LogP contribution < -0.4 is 5.32 Å². The molecule has 3 heteroatoms. The minimum Gasteiger partial charge on any atom is -0.317 e. The summed E-state index contributed by atoms with van der Waals surface area (Å²) in [4.78, 5) is 0. The third-order valence-corrected chi connectivity index (χ3v) is 2.34. The first kappa shape index (κ1) is 10.5. The molecule has 1 rings (SSSR count). The summed E-state index contributed by atoms with van der Waals surface area (Å²) in [6, 6.07) is 5.34. The number of hydrogen-bond acceptors (Lipinski definition) is 1. The average Bonchev–Trinajstić information content (AvgIpc) is 2.13. The van der Waals surface area contributed by atoms with Crippen LogP contribution in [-0.4, -0.2) is 13.1 Å². The Bertz CT molecular complexity index is 288. The van der Waals surface area contributed by atoms with Gasteiger partial charge in [-0.05, 0) is 32.0 Å². The van der Waals surface area contributed by atoms with Crippen LogP contribution in [0.3, 0.4) is 0 Å². The van der Waals surface area contributed by atoms with Gasteiger partial charge in [-0.3, -0.25) is 0 Å². The van der Waals surface area contributed by atoms with Crippen LogP contribution in [0.15, 0.2) is 18.2 Å². The summed E-state index contributed by atoms with van der Waals surface area (Å²) in [7, 11) is 1.85. The van der Waals surface area contributed by atoms with Crippen LogP contribution in [0, 0.1) is 5.82 Å². The number of likely N-dealkylation sites (N-methyl/N-ethyl adjacent to an activating group) is 1. The fourth-order valence-electron chi connectivity index (χ4n) is 1.14. The maximum Gasteiger partial charge on any atom is 0.145 e. The fraction of sp³-hybridized carbons (Fsp3) is 0.400. The molecule has 1 N–H and O–H groups in total. The molecule has 72 valence electrons. The van der Waals surface area contributed by atoms with Gasteiger partial charge in [0.2, 0.25) is 0 Å². The Morgan fingerprint density at radius 3 is 2.85 bits per heavy atom. The Kier molecular flexibility index (Phi) is 3.70. The van der Waals surface area contributed by atoms with E-state index in [2.05, 4.69) is 5.32 Å².